The van der Waals surface area contributed by atoms with Gasteiger partial charge in [-0.3, -0.25) is 9.69 Å². The fraction of sp³-hybridized carbons (Fsp3) is 0.840. The molecule has 5 heterocycles. The quantitative estimate of drug-likeness (QED) is 0.377. The number of unbranched alkanes of at least 4 members (excludes halogenated alkanes) is 1. The van der Waals surface area contributed by atoms with Crippen LogP contribution in [0.15, 0.2) is 11.6 Å². The molecule has 32 heavy (non-hydrogen) atoms. The van der Waals surface area contributed by atoms with Gasteiger partial charge in [-0.15, -0.1) is 0 Å². The van der Waals surface area contributed by atoms with Gasteiger partial charge in [0.2, 0.25) is 5.91 Å². The topological polar surface area (TPSA) is 64.7 Å². The molecule has 1 aliphatic carbocycles. The molecule has 7 atom stereocenters. The van der Waals surface area contributed by atoms with Gasteiger partial charge in [-0.05, 0) is 63.3 Å². The van der Waals surface area contributed by atoms with Crippen molar-refractivity contribution in [2.75, 3.05) is 25.4 Å². The smallest absolute Gasteiger partial charge is 0.315 e. The minimum absolute atomic E-state index is 0.0113. The number of hydrogen-bond acceptors (Lipinski definition) is 4. The fourth-order valence-corrected chi connectivity index (χ4v) is 9.21. The zero-order valence-corrected chi connectivity index (χ0v) is 20.0. The molecule has 0 spiro atoms. The Labute approximate surface area is 196 Å². The van der Waals surface area contributed by atoms with Crippen LogP contribution in [0.3, 0.4) is 0 Å². The highest BCUT2D eigenvalue weighted by molar-refractivity contribution is 8.00. The maximum Gasteiger partial charge on any atom is 0.315 e. The second-order valence-corrected chi connectivity index (χ2v) is 12.2. The minimum atomic E-state index is -0.0113. The van der Waals surface area contributed by atoms with Gasteiger partial charge in [-0.1, -0.05) is 24.5 Å². The number of hydrogen-bond donors (Lipinski definition) is 2. The molecule has 6 aliphatic rings. The van der Waals surface area contributed by atoms with Crippen LogP contribution in [-0.2, 0) is 4.79 Å². The third-order valence-electron chi connectivity index (χ3n) is 9.04. The predicted molar refractivity (Wildman–Crippen MR) is 128 cm³/mol. The Morgan fingerprint density at radius 3 is 3.03 bits per heavy atom. The summed E-state index contributed by atoms with van der Waals surface area (Å²) in [6.45, 7) is 3.41. The van der Waals surface area contributed by atoms with Gasteiger partial charge in [0, 0.05) is 36.6 Å². The van der Waals surface area contributed by atoms with Crippen LogP contribution < -0.4 is 10.6 Å². The largest absolute Gasteiger partial charge is 0.336 e. The first-order valence-electron chi connectivity index (χ1n) is 13.1. The Kier molecular flexibility index (Phi) is 5.91. The number of nitrogens with zero attached hydrogens (tertiary/aromatic N) is 2. The lowest BCUT2D eigenvalue weighted by Crippen LogP contribution is -2.60. The maximum atomic E-state index is 13.3. The summed E-state index contributed by atoms with van der Waals surface area (Å²) in [5.74, 6) is 2.77. The number of fused-ring (bicyclic) bond motifs is 7. The van der Waals surface area contributed by atoms with Crippen molar-refractivity contribution in [2.24, 2.45) is 11.8 Å². The third-order valence-corrected chi connectivity index (χ3v) is 10.6. The van der Waals surface area contributed by atoms with Crippen molar-refractivity contribution in [3.63, 3.8) is 0 Å². The molecule has 2 bridgehead atoms. The van der Waals surface area contributed by atoms with Crippen molar-refractivity contribution in [3.8, 4) is 0 Å². The van der Waals surface area contributed by atoms with E-state index in [0.717, 1.165) is 49.9 Å². The van der Waals surface area contributed by atoms with Crippen molar-refractivity contribution in [1.82, 2.24) is 20.4 Å². The van der Waals surface area contributed by atoms with Crippen molar-refractivity contribution < 1.29 is 9.59 Å². The van der Waals surface area contributed by atoms with Crippen molar-refractivity contribution in [2.45, 2.75) is 93.6 Å². The highest BCUT2D eigenvalue weighted by atomic mass is 32.2. The van der Waals surface area contributed by atoms with E-state index in [-0.39, 0.29) is 12.1 Å². The summed E-state index contributed by atoms with van der Waals surface area (Å²) in [4.78, 5) is 29.9. The maximum absolute atomic E-state index is 13.3. The Balaban J connectivity index is 1.04. The lowest BCUT2D eigenvalue weighted by Gasteiger charge is -2.54. The number of rotatable bonds is 5. The van der Waals surface area contributed by atoms with Gasteiger partial charge < -0.3 is 15.5 Å². The van der Waals surface area contributed by atoms with E-state index in [2.05, 4.69) is 26.5 Å². The summed E-state index contributed by atoms with van der Waals surface area (Å²) in [5.41, 5.74) is 1.59. The van der Waals surface area contributed by atoms with E-state index in [0.29, 0.717) is 35.6 Å². The van der Waals surface area contributed by atoms with E-state index in [4.69, 9.17) is 0 Å². The van der Waals surface area contributed by atoms with Gasteiger partial charge in [0.1, 0.15) is 0 Å². The molecule has 0 aromatic carbocycles. The predicted octanol–water partition coefficient (Wildman–Crippen LogP) is 3.13. The van der Waals surface area contributed by atoms with E-state index >= 15 is 0 Å². The van der Waals surface area contributed by atoms with E-state index in [9.17, 15) is 9.59 Å². The van der Waals surface area contributed by atoms with E-state index < -0.39 is 0 Å². The van der Waals surface area contributed by atoms with E-state index in [1.807, 2.05) is 11.8 Å². The summed E-state index contributed by atoms with van der Waals surface area (Å²) in [5, 5.41) is 6.59. The summed E-state index contributed by atoms with van der Waals surface area (Å²) in [6.07, 6.45) is 14.2. The standard InChI is InChI=1S/C25H38N4O2S/c30-22(9-2-1-8-21-23-19(15-32-21)26-25(31)27-23)29-11-5-6-16-12-17-13-18(24(16)29)14-28-10-4-3-7-20(17)28/h12,17-21,23-24H,1-11,13-15H2,(H2,26,27,31)/t17-,18-,19-,20?,21?,23-,24?/m0/s1. The number of thioether (sulfide) groups is 1. The molecule has 0 aromatic rings. The molecule has 0 aromatic heterocycles. The molecular formula is C25H38N4O2S. The molecule has 6 nitrogen and oxygen atoms in total. The summed E-state index contributed by atoms with van der Waals surface area (Å²) in [6, 6.07) is 1.71. The lowest BCUT2D eigenvalue weighted by molar-refractivity contribution is -0.136. The van der Waals surface area contributed by atoms with Crippen LogP contribution in [0.4, 0.5) is 4.79 Å². The number of nitrogens with one attached hydrogen (secondary N) is 2. The van der Waals surface area contributed by atoms with Crippen LogP contribution in [0.25, 0.3) is 0 Å². The van der Waals surface area contributed by atoms with E-state index in [1.54, 1.807) is 5.57 Å². The molecule has 0 radical (unpaired) electrons. The minimum Gasteiger partial charge on any atom is -0.336 e. The second-order valence-electron chi connectivity index (χ2n) is 11.0. The molecule has 5 saturated heterocycles. The molecule has 5 fully saturated rings. The number of likely N-dealkylation sites (tertiary alicyclic amines) is 1. The van der Waals surface area contributed by atoms with Crippen LogP contribution >= 0.6 is 11.8 Å². The van der Waals surface area contributed by atoms with Crippen LogP contribution in [0, 0.1) is 11.8 Å². The monoisotopic (exact) mass is 458 g/mol. The molecule has 3 unspecified atom stereocenters. The van der Waals surface area contributed by atoms with Crippen LogP contribution in [0.2, 0.25) is 0 Å². The molecule has 7 heteroatoms. The molecule has 176 valence electrons. The number of urea groups is 1. The molecule has 5 aliphatic heterocycles. The third kappa shape index (κ3) is 3.87. The summed E-state index contributed by atoms with van der Waals surface area (Å²) in [7, 11) is 0. The molecule has 3 amide bonds. The number of amides is 3. The van der Waals surface area contributed by atoms with Crippen LogP contribution in [0.1, 0.15) is 64.2 Å². The zero-order chi connectivity index (χ0) is 21.7. The fourth-order valence-electron chi connectivity index (χ4n) is 7.66. The first-order valence-corrected chi connectivity index (χ1v) is 14.1. The van der Waals surface area contributed by atoms with E-state index in [1.165, 1.54) is 45.2 Å². The van der Waals surface area contributed by atoms with Gasteiger partial charge in [-0.2, -0.15) is 11.8 Å². The Morgan fingerprint density at radius 2 is 2.09 bits per heavy atom. The van der Waals surface area contributed by atoms with Crippen LogP contribution in [-0.4, -0.2) is 76.5 Å². The van der Waals surface area contributed by atoms with Crippen molar-refractivity contribution in [3.05, 3.63) is 11.6 Å². The lowest BCUT2D eigenvalue weighted by atomic mass is 9.68. The highest BCUT2D eigenvalue weighted by Gasteiger charge is 2.47. The SMILES string of the molecule is O=C1N[C@H]2CSC(CCCCC(=O)N3CCCC4=C[C@H]5C[C@@H](CN6CCCCC56)C43)[C@H]2N1. The molecule has 0 saturated carbocycles. The van der Waals surface area contributed by atoms with Gasteiger partial charge in [0.15, 0.2) is 0 Å². The highest BCUT2D eigenvalue weighted by Crippen LogP contribution is 2.45. The second kappa shape index (κ2) is 8.86. The Morgan fingerprint density at radius 1 is 1.16 bits per heavy atom. The van der Waals surface area contributed by atoms with Gasteiger partial charge in [0.05, 0.1) is 18.1 Å². The first kappa shape index (κ1) is 21.3. The average Bonchev–Trinajstić information content (AvgIpc) is 3.35. The average molecular weight is 459 g/mol. The first-order chi connectivity index (χ1) is 15.7. The Bertz CT molecular complexity index is 788. The van der Waals surface area contributed by atoms with Gasteiger partial charge in [0.25, 0.3) is 0 Å². The van der Waals surface area contributed by atoms with Crippen molar-refractivity contribution >= 4 is 23.7 Å². The van der Waals surface area contributed by atoms with Crippen molar-refractivity contribution in [1.29, 1.82) is 0 Å². The summed E-state index contributed by atoms with van der Waals surface area (Å²) < 4.78 is 0. The molecular weight excluding hydrogens is 420 g/mol. The number of piperidine rings is 3. The number of carbonyl (C=O) groups is 2. The number of carbonyl (C=O) groups excluding carboxylic acids is 2. The zero-order valence-electron chi connectivity index (χ0n) is 19.1. The normalized spacial score (nSPS) is 40.6. The van der Waals surface area contributed by atoms with Crippen LogP contribution in [0.5, 0.6) is 0 Å². The Hall–Kier alpha value is -1.21. The van der Waals surface area contributed by atoms with Gasteiger partial charge in [-0.25, -0.2) is 4.79 Å². The molecule has 6 rings (SSSR count). The van der Waals surface area contributed by atoms with Gasteiger partial charge >= 0.3 is 6.03 Å². The molecule has 2 N–H and O–H groups in total. The summed E-state index contributed by atoms with van der Waals surface area (Å²) >= 11 is 1.97.